The van der Waals surface area contributed by atoms with Crippen molar-refractivity contribution in [2.24, 2.45) is 0 Å². The number of rotatable bonds is 6. The fourth-order valence-corrected chi connectivity index (χ4v) is 6.26. The van der Waals surface area contributed by atoms with Crippen LogP contribution in [0.5, 0.6) is 0 Å². The Labute approximate surface area is 184 Å². The van der Waals surface area contributed by atoms with Gasteiger partial charge in [0.25, 0.3) is 0 Å². The molecule has 0 spiro atoms. The largest absolute Gasteiger partial charge is 0.296 e. The summed E-state index contributed by atoms with van der Waals surface area (Å²) < 4.78 is 32.4. The van der Waals surface area contributed by atoms with Crippen molar-refractivity contribution in [1.29, 1.82) is 0 Å². The van der Waals surface area contributed by atoms with Crippen molar-refractivity contribution in [3.63, 3.8) is 0 Å². The van der Waals surface area contributed by atoms with Gasteiger partial charge < -0.3 is 0 Å². The van der Waals surface area contributed by atoms with Gasteiger partial charge in [0.1, 0.15) is 0 Å². The van der Waals surface area contributed by atoms with Crippen LogP contribution in [0.2, 0.25) is 0 Å². The normalized spacial score (nSPS) is 19.2. The molecule has 30 heavy (non-hydrogen) atoms. The molecule has 2 heterocycles. The summed E-state index contributed by atoms with van der Waals surface area (Å²) in [5.41, 5.74) is 3.52. The van der Waals surface area contributed by atoms with Crippen molar-refractivity contribution < 1.29 is 8.42 Å². The predicted octanol–water partition coefficient (Wildman–Crippen LogP) is 2.68. The highest BCUT2D eigenvalue weighted by Crippen LogP contribution is 2.25. The lowest BCUT2D eigenvalue weighted by Crippen LogP contribution is -2.43. The third-order valence-corrected chi connectivity index (χ3v) is 8.46. The lowest BCUT2D eigenvalue weighted by atomic mass is 10.0. The van der Waals surface area contributed by atoms with Gasteiger partial charge in [0.2, 0.25) is 10.0 Å². The molecule has 4 rings (SSSR count). The first-order valence-corrected chi connectivity index (χ1v) is 12.6. The quantitative estimate of drug-likeness (QED) is 0.636. The number of fused-ring (bicyclic) bond motifs is 1. The van der Waals surface area contributed by atoms with Crippen LogP contribution >= 0.6 is 12.1 Å². The molecule has 0 N–H and O–H groups in total. The molecule has 2 aromatic carbocycles. The second-order valence-electron chi connectivity index (χ2n) is 8.10. The second kappa shape index (κ2) is 9.38. The molecular weight excluding hydrogens is 416 g/mol. The van der Waals surface area contributed by atoms with Gasteiger partial charge in [0.15, 0.2) is 0 Å². The Hall–Kier alpha value is -1.42. The van der Waals surface area contributed by atoms with E-state index >= 15 is 0 Å². The van der Waals surface area contributed by atoms with Crippen molar-refractivity contribution in [2.75, 3.05) is 46.8 Å². The van der Waals surface area contributed by atoms with E-state index in [0.29, 0.717) is 18.0 Å². The summed E-state index contributed by atoms with van der Waals surface area (Å²) >= 11 is 1.77. The minimum absolute atomic E-state index is 0.387. The fraction of sp³-hybridized carbons (Fsp3) is 0.455. The number of benzene rings is 2. The summed E-state index contributed by atoms with van der Waals surface area (Å²) in [5, 5.41) is 0. The number of hydrogen-bond donors (Lipinski definition) is 0. The van der Waals surface area contributed by atoms with Crippen LogP contribution in [0.15, 0.2) is 53.4 Å². The second-order valence-corrected chi connectivity index (χ2v) is 11.4. The zero-order valence-electron chi connectivity index (χ0n) is 17.7. The summed E-state index contributed by atoms with van der Waals surface area (Å²) in [6.07, 6.45) is 0.769. The van der Waals surface area contributed by atoms with Gasteiger partial charge >= 0.3 is 0 Å². The third-order valence-electron chi connectivity index (χ3n) is 5.67. The summed E-state index contributed by atoms with van der Waals surface area (Å²) in [7, 11) is 0.662. The van der Waals surface area contributed by atoms with Gasteiger partial charge in [-0.15, -0.1) is 0 Å². The highest BCUT2D eigenvalue weighted by Gasteiger charge is 2.28. The topological polar surface area (TPSA) is 47.1 Å². The number of sulfonamides is 1. The monoisotopic (exact) mass is 446 g/mol. The molecule has 0 saturated carbocycles. The molecule has 162 valence electrons. The van der Waals surface area contributed by atoms with E-state index in [1.54, 1.807) is 28.6 Å². The van der Waals surface area contributed by atoms with Gasteiger partial charge in [-0.2, -0.15) is 4.31 Å². The average Bonchev–Trinajstić information content (AvgIpc) is 2.75. The van der Waals surface area contributed by atoms with Gasteiger partial charge in [0, 0.05) is 57.9 Å². The van der Waals surface area contributed by atoms with Crippen LogP contribution < -0.4 is 0 Å². The van der Waals surface area contributed by atoms with Gasteiger partial charge in [-0.05, 0) is 49.3 Å². The minimum Gasteiger partial charge on any atom is -0.296 e. The van der Waals surface area contributed by atoms with Gasteiger partial charge in [-0.3, -0.25) is 4.90 Å². The van der Waals surface area contributed by atoms with Crippen molar-refractivity contribution in [2.45, 2.75) is 24.4 Å². The number of hydrogen-bond acceptors (Lipinski definition) is 6. The van der Waals surface area contributed by atoms with Gasteiger partial charge in [0.05, 0.1) is 4.90 Å². The van der Waals surface area contributed by atoms with Crippen molar-refractivity contribution in [1.82, 2.24) is 17.8 Å². The minimum atomic E-state index is -3.47. The highest BCUT2D eigenvalue weighted by molar-refractivity contribution is 7.94. The van der Waals surface area contributed by atoms with Crippen LogP contribution in [0.3, 0.4) is 0 Å². The zero-order chi connectivity index (χ0) is 21.1. The molecule has 0 atom stereocenters. The highest BCUT2D eigenvalue weighted by atomic mass is 32.2. The van der Waals surface area contributed by atoms with E-state index in [0.717, 1.165) is 50.3 Å². The molecule has 8 heteroatoms. The molecular formula is C22H30N4O2S2. The van der Waals surface area contributed by atoms with Crippen LogP contribution in [0.1, 0.15) is 16.7 Å². The molecule has 0 aromatic heterocycles. The summed E-state index contributed by atoms with van der Waals surface area (Å²) in [6, 6.07) is 15.6. The Balaban J connectivity index is 1.37. The van der Waals surface area contributed by atoms with E-state index in [1.807, 2.05) is 30.3 Å². The van der Waals surface area contributed by atoms with Gasteiger partial charge in [-0.1, -0.05) is 36.4 Å². The van der Waals surface area contributed by atoms with E-state index in [4.69, 9.17) is 0 Å². The Morgan fingerprint density at radius 1 is 0.900 bits per heavy atom. The van der Waals surface area contributed by atoms with Crippen molar-refractivity contribution in [3.05, 3.63) is 65.2 Å². The molecule has 0 aliphatic carbocycles. The summed E-state index contributed by atoms with van der Waals surface area (Å²) in [4.78, 5) is 2.82. The third kappa shape index (κ3) is 5.07. The Morgan fingerprint density at radius 2 is 1.57 bits per heavy atom. The molecule has 0 amide bonds. The predicted molar refractivity (Wildman–Crippen MR) is 122 cm³/mol. The molecule has 2 aliphatic heterocycles. The van der Waals surface area contributed by atoms with Crippen molar-refractivity contribution in [3.8, 4) is 0 Å². The summed E-state index contributed by atoms with van der Waals surface area (Å²) in [6.45, 7) is 5.96. The maximum Gasteiger partial charge on any atom is 0.243 e. The fourth-order valence-electron chi connectivity index (χ4n) is 4.05. The Bertz CT molecular complexity index is 955. The van der Waals surface area contributed by atoms with E-state index in [2.05, 4.69) is 33.7 Å². The van der Waals surface area contributed by atoms with Crippen molar-refractivity contribution >= 4 is 22.2 Å². The maximum absolute atomic E-state index is 13.1. The van der Waals surface area contributed by atoms with Crippen LogP contribution in [0, 0.1) is 0 Å². The van der Waals surface area contributed by atoms with E-state index in [9.17, 15) is 8.42 Å². The Morgan fingerprint density at radius 3 is 2.23 bits per heavy atom. The Kier molecular flexibility index (Phi) is 6.81. The first-order valence-electron chi connectivity index (χ1n) is 10.4. The molecule has 2 aromatic rings. The van der Waals surface area contributed by atoms with E-state index < -0.39 is 10.0 Å². The lowest BCUT2D eigenvalue weighted by Gasteiger charge is -2.34. The molecule has 2 aliphatic rings. The number of piperazine rings is 1. The smallest absolute Gasteiger partial charge is 0.243 e. The van der Waals surface area contributed by atoms with E-state index in [1.165, 1.54) is 5.56 Å². The molecule has 0 bridgehead atoms. The SMILES string of the molecule is CN(C)SN1CCN(Cc2ccc(S(=O)(=O)N3CCc4ccccc4C3)cc2)CC1. The first kappa shape index (κ1) is 21.8. The molecule has 1 saturated heterocycles. The summed E-state index contributed by atoms with van der Waals surface area (Å²) in [5.74, 6) is 0. The maximum atomic E-state index is 13.1. The van der Waals surface area contributed by atoms with Crippen LogP contribution in [0.25, 0.3) is 0 Å². The zero-order valence-corrected chi connectivity index (χ0v) is 19.3. The number of nitrogens with zero attached hydrogens (tertiary/aromatic N) is 4. The first-order chi connectivity index (χ1) is 14.4. The van der Waals surface area contributed by atoms with Gasteiger partial charge in [-0.25, -0.2) is 17.0 Å². The lowest BCUT2D eigenvalue weighted by molar-refractivity contribution is 0.187. The average molecular weight is 447 g/mol. The van der Waals surface area contributed by atoms with E-state index in [-0.39, 0.29) is 0 Å². The van der Waals surface area contributed by atoms with Crippen LogP contribution in [-0.4, -0.2) is 73.1 Å². The van der Waals surface area contributed by atoms with Crippen LogP contribution in [-0.2, 0) is 29.5 Å². The molecule has 1 fully saturated rings. The standard InChI is InChI=1S/C22H30N4O2S2/c1-23(2)29-25-15-13-24(14-16-25)17-19-7-9-22(10-8-19)30(27,28)26-12-11-20-5-3-4-6-21(20)18-26/h3-10H,11-18H2,1-2H3. The molecule has 0 unspecified atom stereocenters. The molecule has 0 radical (unpaired) electrons. The molecule has 6 nitrogen and oxygen atoms in total. The van der Waals surface area contributed by atoms with Crippen LogP contribution in [0.4, 0.5) is 0 Å².